The minimum atomic E-state index is -4.80. The van der Waals surface area contributed by atoms with Crippen molar-refractivity contribution in [2.45, 2.75) is 24.9 Å². The maximum Gasteiger partial charge on any atom is 0.420 e. The number of benzene rings is 2. The maximum absolute atomic E-state index is 13.7. The molecule has 31 heavy (non-hydrogen) atoms. The van der Waals surface area contributed by atoms with Gasteiger partial charge in [-0.3, -0.25) is 4.79 Å². The largest absolute Gasteiger partial charge is 0.504 e. The van der Waals surface area contributed by atoms with E-state index in [0.29, 0.717) is 17.1 Å². The molecule has 9 heteroatoms. The number of ether oxygens (including phenoxy) is 4. The van der Waals surface area contributed by atoms with Crippen LogP contribution < -0.4 is 14.2 Å². The number of carbonyl (C=O) groups is 1. The van der Waals surface area contributed by atoms with Crippen molar-refractivity contribution < 1.29 is 42.0 Å². The first-order chi connectivity index (χ1) is 14.7. The third kappa shape index (κ3) is 2.90. The van der Waals surface area contributed by atoms with Gasteiger partial charge in [-0.25, -0.2) is 0 Å². The molecule has 6 nitrogen and oxygen atoms in total. The van der Waals surface area contributed by atoms with Gasteiger partial charge in [-0.1, -0.05) is 6.92 Å². The standard InChI is InChI=1S/C22H19F3O6/c1-9-11-5-15-16(31-8-30-15)6-12(11)18(19-13(9)7-29-21(19)27)10-3-14(22(23,24)25)20(26)17(4-10)28-2/h3-6,9,13,18-19,26H,7-8H2,1-2H3/t9-,13-,18-,19+/m1/s1. The summed E-state index contributed by atoms with van der Waals surface area (Å²) in [5.74, 6) is -2.39. The van der Waals surface area contributed by atoms with Crippen molar-refractivity contribution in [3.63, 3.8) is 0 Å². The van der Waals surface area contributed by atoms with Crippen LogP contribution in [-0.4, -0.2) is 31.6 Å². The van der Waals surface area contributed by atoms with E-state index < -0.39 is 35.3 Å². The molecule has 2 aromatic rings. The second-order valence-electron chi connectivity index (χ2n) is 8.04. The van der Waals surface area contributed by atoms with E-state index in [2.05, 4.69) is 0 Å². The summed E-state index contributed by atoms with van der Waals surface area (Å²) >= 11 is 0. The minimum absolute atomic E-state index is 0.0530. The molecule has 5 rings (SSSR count). The molecule has 1 N–H and O–H groups in total. The molecule has 0 radical (unpaired) electrons. The van der Waals surface area contributed by atoms with Gasteiger partial charge in [-0.05, 0) is 46.9 Å². The fraction of sp³-hybridized carbons (Fsp3) is 0.409. The first-order valence-corrected chi connectivity index (χ1v) is 9.79. The number of halogens is 3. The highest BCUT2D eigenvalue weighted by Crippen LogP contribution is 2.56. The number of alkyl halides is 3. The summed E-state index contributed by atoms with van der Waals surface area (Å²) < 4.78 is 62.3. The SMILES string of the molecule is COc1cc([C@@H]2c3cc4c(cc3[C@@H](C)[C@H]3COC(=O)[C@H]23)OCO4)cc(C(F)(F)F)c1O. The fourth-order valence-electron chi connectivity index (χ4n) is 5.02. The Labute approximate surface area is 175 Å². The monoisotopic (exact) mass is 436 g/mol. The number of phenols is 1. The quantitative estimate of drug-likeness (QED) is 0.712. The average Bonchev–Trinajstić information content (AvgIpc) is 3.33. The summed E-state index contributed by atoms with van der Waals surface area (Å²) in [4.78, 5) is 12.7. The molecule has 2 aliphatic heterocycles. The van der Waals surface area contributed by atoms with Crippen molar-refractivity contribution >= 4 is 5.97 Å². The van der Waals surface area contributed by atoms with Crippen molar-refractivity contribution in [1.82, 2.24) is 0 Å². The Kier molecular flexibility index (Phi) is 4.29. The molecule has 2 aromatic carbocycles. The van der Waals surface area contributed by atoms with Crippen molar-refractivity contribution in [1.29, 1.82) is 0 Å². The number of carbonyl (C=O) groups excluding carboxylic acids is 1. The van der Waals surface area contributed by atoms with Gasteiger partial charge in [0.15, 0.2) is 23.0 Å². The zero-order chi connectivity index (χ0) is 22.1. The van der Waals surface area contributed by atoms with Crippen LogP contribution in [0, 0.1) is 11.8 Å². The van der Waals surface area contributed by atoms with Gasteiger partial charge in [0, 0.05) is 11.8 Å². The van der Waals surface area contributed by atoms with Crippen LogP contribution in [-0.2, 0) is 15.7 Å². The molecule has 0 saturated carbocycles. The van der Waals surface area contributed by atoms with Crippen LogP contribution in [0.4, 0.5) is 13.2 Å². The van der Waals surface area contributed by atoms with Gasteiger partial charge in [-0.2, -0.15) is 13.2 Å². The lowest BCUT2D eigenvalue weighted by atomic mass is 9.63. The lowest BCUT2D eigenvalue weighted by molar-refractivity contribution is -0.141. The Morgan fingerprint density at radius 1 is 1.06 bits per heavy atom. The number of fused-ring (bicyclic) bond motifs is 3. The topological polar surface area (TPSA) is 74.2 Å². The summed E-state index contributed by atoms with van der Waals surface area (Å²) in [6, 6.07) is 5.79. The van der Waals surface area contributed by atoms with Gasteiger partial charge in [0.05, 0.1) is 19.6 Å². The Balaban J connectivity index is 1.76. The summed E-state index contributed by atoms with van der Waals surface area (Å²) in [6.45, 7) is 2.21. The van der Waals surface area contributed by atoms with E-state index >= 15 is 0 Å². The summed E-state index contributed by atoms with van der Waals surface area (Å²) in [6.07, 6.45) is -4.80. The van der Waals surface area contributed by atoms with Crippen molar-refractivity contribution in [2.24, 2.45) is 11.8 Å². The number of methoxy groups -OCH3 is 1. The summed E-state index contributed by atoms with van der Waals surface area (Å²) in [5, 5.41) is 10.1. The molecule has 4 atom stereocenters. The highest BCUT2D eigenvalue weighted by atomic mass is 19.4. The van der Waals surface area contributed by atoms with Gasteiger partial charge >= 0.3 is 12.1 Å². The van der Waals surface area contributed by atoms with Crippen molar-refractivity contribution in [2.75, 3.05) is 20.5 Å². The van der Waals surface area contributed by atoms with Crippen LogP contribution in [0.25, 0.3) is 0 Å². The van der Waals surface area contributed by atoms with E-state index in [1.165, 1.54) is 13.2 Å². The Morgan fingerprint density at radius 3 is 2.39 bits per heavy atom. The lowest BCUT2D eigenvalue weighted by Crippen LogP contribution is -2.33. The molecule has 164 valence electrons. The molecule has 0 spiro atoms. The zero-order valence-corrected chi connectivity index (χ0v) is 16.7. The van der Waals surface area contributed by atoms with Crippen LogP contribution in [0.1, 0.15) is 41.0 Å². The van der Waals surface area contributed by atoms with Crippen LogP contribution in [0.5, 0.6) is 23.0 Å². The van der Waals surface area contributed by atoms with E-state index in [0.717, 1.165) is 11.6 Å². The minimum Gasteiger partial charge on any atom is -0.504 e. The second kappa shape index (κ2) is 6.70. The normalized spacial score (nSPS) is 26.3. The Bertz CT molecular complexity index is 1080. The molecule has 3 aliphatic rings. The molecule has 0 amide bonds. The number of cyclic esters (lactones) is 1. The lowest BCUT2D eigenvalue weighted by Gasteiger charge is -2.38. The van der Waals surface area contributed by atoms with E-state index in [1.54, 1.807) is 6.07 Å². The molecule has 1 fully saturated rings. The van der Waals surface area contributed by atoms with Crippen LogP contribution in [0.3, 0.4) is 0 Å². The number of hydrogen-bond donors (Lipinski definition) is 1. The molecule has 0 bridgehead atoms. The zero-order valence-electron chi connectivity index (χ0n) is 16.7. The predicted molar refractivity (Wildman–Crippen MR) is 100 cm³/mol. The summed E-state index contributed by atoms with van der Waals surface area (Å²) in [7, 11) is 1.18. The van der Waals surface area contributed by atoms with E-state index in [1.807, 2.05) is 13.0 Å². The molecular formula is C22H19F3O6. The fourth-order valence-corrected chi connectivity index (χ4v) is 5.02. The third-order valence-corrected chi connectivity index (χ3v) is 6.54. The first-order valence-electron chi connectivity index (χ1n) is 9.79. The van der Waals surface area contributed by atoms with Crippen LogP contribution >= 0.6 is 0 Å². The maximum atomic E-state index is 13.7. The van der Waals surface area contributed by atoms with Gasteiger partial charge in [0.1, 0.15) is 5.56 Å². The van der Waals surface area contributed by atoms with E-state index in [9.17, 15) is 23.1 Å². The first kappa shape index (κ1) is 19.8. The van der Waals surface area contributed by atoms with Crippen LogP contribution in [0.15, 0.2) is 24.3 Å². The number of aromatic hydroxyl groups is 1. The van der Waals surface area contributed by atoms with Gasteiger partial charge in [0.25, 0.3) is 0 Å². The highest BCUT2D eigenvalue weighted by Gasteiger charge is 2.51. The average molecular weight is 436 g/mol. The third-order valence-electron chi connectivity index (χ3n) is 6.54. The smallest absolute Gasteiger partial charge is 0.420 e. The molecule has 0 unspecified atom stereocenters. The number of hydrogen-bond acceptors (Lipinski definition) is 6. The molecule has 1 aliphatic carbocycles. The molecule has 2 heterocycles. The molecule has 1 saturated heterocycles. The molecular weight excluding hydrogens is 417 g/mol. The van der Waals surface area contributed by atoms with Crippen molar-refractivity contribution in [3.8, 4) is 23.0 Å². The van der Waals surface area contributed by atoms with Crippen LogP contribution in [0.2, 0.25) is 0 Å². The summed E-state index contributed by atoms with van der Waals surface area (Å²) in [5.41, 5.74) is 0.542. The Morgan fingerprint density at radius 2 is 1.74 bits per heavy atom. The van der Waals surface area contributed by atoms with E-state index in [4.69, 9.17) is 18.9 Å². The second-order valence-corrected chi connectivity index (χ2v) is 8.04. The van der Waals surface area contributed by atoms with Gasteiger partial charge in [0.2, 0.25) is 6.79 Å². The number of rotatable bonds is 2. The highest BCUT2D eigenvalue weighted by molar-refractivity contribution is 5.79. The number of esters is 1. The van der Waals surface area contributed by atoms with Crippen molar-refractivity contribution in [3.05, 3.63) is 46.5 Å². The molecule has 0 aromatic heterocycles. The number of phenolic OH excluding ortho intramolecular Hbond substituents is 1. The Hall–Kier alpha value is -3.10. The van der Waals surface area contributed by atoms with E-state index in [-0.39, 0.29) is 36.5 Å². The van der Waals surface area contributed by atoms with Gasteiger partial charge < -0.3 is 24.1 Å². The predicted octanol–water partition coefficient (Wildman–Crippen LogP) is 4.19. The van der Waals surface area contributed by atoms with Gasteiger partial charge in [-0.15, -0.1) is 0 Å².